The molecule has 1 atom stereocenters. The van der Waals surface area contributed by atoms with Gasteiger partial charge in [-0.15, -0.1) is 0 Å². The van der Waals surface area contributed by atoms with Crippen LogP contribution in [-0.2, 0) is 5.41 Å². The lowest BCUT2D eigenvalue weighted by Crippen LogP contribution is -2.23. The van der Waals surface area contributed by atoms with Gasteiger partial charge in [0.15, 0.2) is 23.1 Å². The third-order valence-corrected chi connectivity index (χ3v) is 4.74. The molecule has 3 aromatic rings. The summed E-state index contributed by atoms with van der Waals surface area (Å²) >= 11 is 0. The van der Waals surface area contributed by atoms with Gasteiger partial charge in [0, 0.05) is 30.3 Å². The molecule has 1 fully saturated rings. The third kappa shape index (κ3) is 3.37. The Morgan fingerprint density at radius 1 is 1.19 bits per heavy atom. The van der Waals surface area contributed by atoms with Gasteiger partial charge in [0.25, 0.3) is 0 Å². The van der Waals surface area contributed by atoms with E-state index in [1.807, 2.05) is 27.0 Å². The minimum absolute atomic E-state index is 0.0557. The maximum atomic E-state index is 14.6. The third-order valence-electron chi connectivity index (χ3n) is 4.74. The largest absolute Gasteiger partial charge is 0.364 e. The Hall–Kier alpha value is -2.61. The number of halogens is 2. The second-order valence-corrected chi connectivity index (χ2v) is 7.88. The standard InChI is InChI=1S/C19H22F2N6/c1-19(2,3)15-10-27-14(8-24-16(27)9-23-15)17-12(20)6-13(21)18(26-17)25-11-4-5-22-7-11/h6,8-11,22H,4-5,7H2,1-3H3,(H,25,26). The van der Waals surface area contributed by atoms with Gasteiger partial charge in [-0.1, -0.05) is 20.8 Å². The maximum absolute atomic E-state index is 14.6. The summed E-state index contributed by atoms with van der Waals surface area (Å²) in [5.74, 6) is -1.37. The molecule has 27 heavy (non-hydrogen) atoms. The van der Waals surface area contributed by atoms with E-state index in [0.29, 0.717) is 11.3 Å². The Morgan fingerprint density at radius 3 is 2.70 bits per heavy atom. The summed E-state index contributed by atoms with van der Waals surface area (Å²) in [5.41, 5.74) is 1.77. The molecule has 1 saturated heterocycles. The summed E-state index contributed by atoms with van der Waals surface area (Å²) in [6.07, 6.45) is 5.88. The zero-order chi connectivity index (χ0) is 19.2. The van der Waals surface area contributed by atoms with Crippen molar-refractivity contribution in [3.8, 4) is 11.4 Å². The van der Waals surface area contributed by atoms with Crippen LogP contribution in [0.2, 0.25) is 0 Å². The molecular formula is C19H22F2N6. The first-order valence-corrected chi connectivity index (χ1v) is 9.00. The molecule has 1 aliphatic heterocycles. The molecule has 1 unspecified atom stereocenters. The number of hydrogen-bond acceptors (Lipinski definition) is 5. The summed E-state index contributed by atoms with van der Waals surface area (Å²) in [7, 11) is 0. The summed E-state index contributed by atoms with van der Waals surface area (Å²) in [6.45, 7) is 7.73. The van der Waals surface area contributed by atoms with Crippen LogP contribution < -0.4 is 10.6 Å². The highest BCUT2D eigenvalue weighted by molar-refractivity contribution is 5.62. The SMILES string of the molecule is CC(C)(C)c1cn2c(-c3nc(NC4CCNC4)c(F)cc3F)cnc2cn1. The van der Waals surface area contributed by atoms with Crippen LogP contribution in [0.15, 0.2) is 24.7 Å². The molecule has 3 aromatic heterocycles. The van der Waals surface area contributed by atoms with Gasteiger partial charge in [0.2, 0.25) is 0 Å². The van der Waals surface area contributed by atoms with Crippen LogP contribution in [-0.4, -0.2) is 38.5 Å². The van der Waals surface area contributed by atoms with Crippen LogP contribution >= 0.6 is 0 Å². The highest BCUT2D eigenvalue weighted by Gasteiger charge is 2.22. The molecule has 142 valence electrons. The quantitative estimate of drug-likeness (QED) is 0.739. The van der Waals surface area contributed by atoms with E-state index in [9.17, 15) is 8.78 Å². The molecule has 1 aliphatic rings. The van der Waals surface area contributed by atoms with Gasteiger partial charge in [-0.2, -0.15) is 0 Å². The average Bonchev–Trinajstić information content (AvgIpc) is 3.25. The summed E-state index contributed by atoms with van der Waals surface area (Å²) < 4.78 is 30.6. The van der Waals surface area contributed by atoms with Crippen molar-refractivity contribution in [2.24, 2.45) is 0 Å². The minimum Gasteiger partial charge on any atom is -0.364 e. The highest BCUT2D eigenvalue weighted by atomic mass is 19.1. The lowest BCUT2D eigenvalue weighted by atomic mass is 9.93. The molecule has 4 heterocycles. The van der Waals surface area contributed by atoms with Gasteiger partial charge in [0.05, 0.1) is 23.8 Å². The van der Waals surface area contributed by atoms with Crippen LogP contribution in [0, 0.1) is 11.6 Å². The van der Waals surface area contributed by atoms with E-state index in [4.69, 9.17) is 0 Å². The van der Waals surface area contributed by atoms with Crippen molar-refractivity contribution in [1.82, 2.24) is 24.7 Å². The monoisotopic (exact) mass is 372 g/mol. The molecule has 2 N–H and O–H groups in total. The van der Waals surface area contributed by atoms with Gasteiger partial charge >= 0.3 is 0 Å². The van der Waals surface area contributed by atoms with E-state index in [-0.39, 0.29) is 23.0 Å². The van der Waals surface area contributed by atoms with Crippen molar-refractivity contribution < 1.29 is 8.78 Å². The van der Waals surface area contributed by atoms with Crippen LogP contribution in [0.4, 0.5) is 14.6 Å². The van der Waals surface area contributed by atoms with Crippen molar-refractivity contribution in [2.75, 3.05) is 18.4 Å². The van der Waals surface area contributed by atoms with Crippen molar-refractivity contribution >= 4 is 11.5 Å². The number of pyridine rings is 1. The molecule has 0 amide bonds. The number of imidazole rings is 1. The molecule has 6 nitrogen and oxygen atoms in total. The fourth-order valence-corrected chi connectivity index (χ4v) is 3.17. The first-order chi connectivity index (χ1) is 12.8. The first kappa shape index (κ1) is 17.8. The van der Waals surface area contributed by atoms with Gasteiger partial charge in [0.1, 0.15) is 5.69 Å². The van der Waals surface area contributed by atoms with E-state index in [1.54, 1.807) is 10.6 Å². The first-order valence-electron chi connectivity index (χ1n) is 9.00. The Balaban J connectivity index is 1.80. The smallest absolute Gasteiger partial charge is 0.168 e. The normalized spacial score (nSPS) is 17.6. The van der Waals surface area contributed by atoms with E-state index in [2.05, 4.69) is 25.6 Å². The summed E-state index contributed by atoms with van der Waals surface area (Å²) in [4.78, 5) is 13.0. The lowest BCUT2D eigenvalue weighted by molar-refractivity contribution is 0.564. The second-order valence-electron chi connectivity index (χ2n) is 7.88. The van der Waals surface area contributed by atoms with E-state index in [0.717, 1.165) is 31.3 Å². The number of hydrogen-bond donors (Lipinski definition) is 2. The minimum atomic E-state index is -0.724. The van der Waals surface area contributed by atoms with Crippen molar-refractivity contribution in [2.45, 2.75) is 38.6 Å². The van der Waals surface area contributed by atoms with Crippen molar-refractivity contribution in [3.63, 3.8) is 0 Å². The van der Waals surface area contributed by atoms with Gasteiger partial charge in [-0.05, 0) is 13.0 Å². The molecular weight excluding hydrogens is 350 g/mol. The molecule has 8 heteroatoms. The molecule has 0 aliphatic carbocycles. The zero-order valence-corrected chi connectivity index (χ0v) is 15.6. The van der Waals surface area contributed by atoms with Gasteiger partial charge < -0.3 is 10.6 Å². The van der Waals surface area contributed by atoms with Crippen molar-refractivity contribution in [3.05, 3.63) is 42.0 Å². The number of nitrogens with one attached hydrogen (secondary N) is 2. The Bertz CT molecular complexity index is 986. The van der Waals surface area contributed by atoms with Crippen LogP contribution in [0.5, 0.6) is 0 Å². The summed E-state index contributed by atoms with van der Waals surface area (Å²) in [5, 5.41) is 6.27. The number of anilines is 1. The number of aromatic nitrogens is 4. The van der Waals surface area contributed by atoms with E-state index in [1.165, 1.54) is 6.20 Å². The molecule has 4 rings (SSSR count). The highest BCUT2D eigenvalue weighted by Crippen LogP contribution is 2.28. The van der Waals surface area contributed by atoms with Gasteiger partial charge in [-0.3, -0.25) is 9.38 Å². The van der Waals surface area contributed by atoms with Crippen LogP contribution in [0.1, 0.15) is 32.9 Å². The molecule has 0 spiro atoms. The number of rotatable bonds is 3. The number of nitrogens with zero attached hydrogens (tertiary/aromatic N) is 4. The Labute approximate surface area is 156 Å². The van der Waals surface area contributed by atoms with E-state index >= 15 is 0 Å². The predicted molar refractivity (Wildman–Crippen MR) is 99.7 cm³/mol. The molecule has 0 aromatic carbocycles. The van der Waals surface area contributed by atoms with Gasteiger partial charge in [-0.25, -0.2) is 18.7 Å². The number of fused-ring (bicyclic) bond motifs is 1. The predicted octanol–water partition coefficient (Wildman–Crippen LogP) is 3.14. The molecule has 0 saturated carbocycles. The van der Waals surface area contributed by atoms with Crippen LogP contribution in [0.3, 0.4) is 0 Å². The summed E-state index contributed by atoms with van der Waals surface area (Å²) in [6, 6.07) is 0.947. The Morgan fingerprint density at radius 2 is 2.00 bits per heavy atom. The topological polar surface area (TPSA) is 67.1 Å². The second kappa shape index (κ2) is 6.53. The van der Waals surface area contributed by atoms with Crippen molar-refractivity contribution in [1.29, 1.82) is 0 Å². The maximum Gasteiger partial charge on any atom is 0.168 e. The lowest BCUT2D eigenvalue weighted by Gasteiger charge is -2.18. The fourth-order valence-electron chi connectivity index (χ4n) is 3.17. The average molecular weight is 372 g/mol. The Kier molecular flexibility index (Phi) is 4.30. The molecule has 0 bridgehead atoms. The fraction of sp³-hybridized carbons (Fsp3) is 0.421. The zero-order valence-electron chi connectivity index (χ0n) is 15.6. The molecule has 0 radical (unpaired) electrons. The van der Waals surface area contributed by atoms with E-state index < -0.39 is 11.6 Å². The van der Waals surface area contributed by atoms with Crippen LogP contribution in [0.25, 0.3) is 17.0 Å².